The molecule has 4 heteroatoms. The zero-order valence-corrected chi connectivity index (χ0v) is 12.5. The monoisotopic (exact) mass is 275 g/mol. The number of nitrogens with one attached hydrogen (secondary N) is 2. The highest BCUT2D eigenvalue weighted by molar-refractivity contribution is 5.93. The van der Waals surface area contributed by atoms with Crippen molar-refractivity contribution in [2.24, 2.45) is 0 Å². The van der Waals surface area contributed by atoms with E-state index >= 15 is 0 Å². The van der Waals surface area contributed by atoms with Crippen LogP contribution in [-0.2, 0) is 6.54 Å². The quantitative estimate of drug-likeness (QED) is 0.709. The van der Waals surface area contributed by atoms with Crippen LogP contribution in [-0.4, -0.2) is 43.5 Å². The van der Waals surface area contributed by atoms with E-state index in [1.807, 2.05) is 24.3 Å². The van der Waals surface area contributed by atoms with Crippen LogP contribution in [0.3, 0.4) is 0 Å². The minimum atomic E-state index is -0.0347. The second-order valence-electron chi connectivity index (χ2n) is 5.31. The van der Waals surface area contributed by atoms with E-state index in [-0.39, 0.29) is 5.91 Å². The Morgan fingerprint density at radius 2 is 2.00 bits per heavy atom. The van der Waals surface area contributed by atoms with Gasteiger partial charge in [0.15, 0.2) is 0 Å². The van der Waals surface area contributed by atoms with Crippen LogP contribution in [0, 0.1) is 0 Å². The number of carbonyl (C=O) groups excluding carboxylic acids is 1. The normalized spacial score (nSPS) is 14.6. The lowest BCUT2D eigenvalue weighted by Gasteiger charge is -2.19. The molecule has 20 heavy (non-hydrogen) atoms. The summed E-state index contributed by atoms with van der Waals surface area (Å²) >= 11 is 0. The molecule has 0 radical (unpaired) electrons. The highest BCUT2D eigenvalue weighted by atomic mass is 16.1. The van der Waals surface area contributed by atoms with Gasteiger partial charge in [0.1, 0.15) is 0 Å². The Hall–Kier alpha value is -1.39. The maximum Gasteiger partial charge on any atom is 0.251 e. The maximum absolute atomic E-state index is 11.4. The maximum atomic E-state index is 11.4. The molecule has 0 spiro atoms. The van der Waals surface area contributed by atoms with Crippen LogP contribution >= 0.6 is 0 Å². The minimum Gasteiger partial charge on any atom is -0.355 e. The minimum absolute atomic E-state index is 0.0347. The van der Waals surface area contributed by atoms with E-state index < -0.39 is 0 Å². The van der Waals surface area contributed by atoms with Crippen molar-refractivity contribution in [3.8, 4) is 0 Å². The Labute approximate surface area is 121 Å². The SMILES string of the molecule is CCN(CCNCc1ccc(C(=O)NC)cc1)C1CC1. The van der Waals surface area contributed by atoms with Gasteiger partial charge >= 0.3 is 0 Å². The van der Waals surface area contributed by atoms with Crippen molar-refractivity contribution in [3.05, 3.63) is 35.4 Å². The van der Waals surface area contributed by atoms with Crippen molar-refractivity contribution < 1.29 is 4.79 Å². The van der Waals surface area contributed by atoms with Gasteiger partial charge in [-0.25, -0.2) is 0 Å². The third-order valence-corrected chi connectivity index (χ3v) is 3.82. The number of benzene rings is 1. The molecule has 2 rings (SSSR count). The zero-order valence-electron chi connectivity index (χ0n) is 12.5. The lowest BCUT2D eigenvalue weighted by molar-refractivity contribution is 0.0963. The topological polar surface area (TPSA) is 44.4 Å². The predicted molar refractivity (Wildman–Crippen MR) is 81.8 cm³/mol. The van der Waals surface area contributed by atoms with Crippen molar-refractivity contribution in [2.75, 3.05) is 26.7 Å². The Balaban J connectivity index is 1.69. The summed E-state index contributed by atoms with van der Waals surface area (Å²) in [5.74, 6) is -0.0347. The molecule has 4 nitrogen and oxygen atoms in total. The molecular weight excluding hydrogens is 250 g/mol. The smallest absolute Gasteiger partial charge is 0.251 e. The summed E-state index contributed by atoms with van der Waals surface area (Å²) in [6, 6.07) is 8.61. The summed E-state index contributed by atoms with van der Waals surface area (Å²) < 4.78 is 0. The van der Waals surface area contributed by atoms with E-state index in [9.17, 15) is 4.79 Å². The number of carbonyl (C=O) groups is 1. The van der Waals surface area contributed by atoms with E-state index in [4.69, 9.17) is 0 Å². The number of nitrogens with zero attached hydrogens (tertiary/aromatic N) is 1. The zero-order chi connectivity index (χ0) is 14.4. The molecule has 0 saturated heterocycles. The lowest BCUT2D eigenvalue weighted by Crippen LogP contribution is -2.33. The van der Waals surface area contributed by atoms with Crippen molar-refractivity contribution in [1.29, 1.82) is 0 Å². The fraction of sp³-hybridized carbons (Fsp3) is 0.562. The van der Waals surface area contributed by atoms with Crippen molar-refractivity contribution in [1.82, 2.24) is 15.5 Å². The van der Waals surface area contributed by atoms with Crippen LogP contribution in [0.15, 0.2) is 24.3 Å². The fourth-order valence-electron chi connectivity index (χ4n) is 2.41. The number of likely N-dealkylation sites (N-methyl/N-ethyl adjacent to an activating group) is 1. The molecule has 0 heterocycles. The van der Waals surface area contributed by atoms with Gasteiger partial charge in [-0.2, -0.15) is 0 Å². The first-order valence-corrected chi connectivity index (χ1v) is 7.50. The van der Waals surface area contributed by atoms with Crippen LogP contribution in [0.5, 0.6) is 0 Å². The third kappa shape index (κ3) is 4.32. The summed E-state index contributed by atoms with van der Waals surface area (Å²) in [6.07, 6.45) is 2.74. The predicted octanol–water partition coefficient (Wildman–Crippen LogP) is 1.62. The molecule has 1 saturated carbocycles. The highest BCUT2D eigenvalue weighted by Crippen LogP contribution is 2.25. The molecule has 0 aromatic heterocycles. The van der Waals surface area contributed by atoms with E-state index in [0.29, 0.717) is 5.56 Å². The van der Waals surface area contributed by atoms with Gasteiger partial charge in [0.25, 0.3) is 5.91 Å². The summed E-state index contributed by atoms with van der Waals surface area (Å²) in [7, 11) is 1.65. The van der Waals surface area contributed by atoms with E-state index in [1.54, 1.807) is 7.05 Å². The van der Waals surface area contributed by atoms with E-state index in [0.717, 1.165) is 32.2 Å². The Bertz CT molecular complexity index is 426. The van der Waals surface area contributed by atoms with Crippen LogP contribution in [0.1, 0.15) is 35.7 Å². The van der Waals surface area contributed by atoms with Gasteiger partial charge in [-0.1, -0.05) is 19.1 Å². The third-order valence-electron chi connectivity index (χ3n) is 3.82. The summed E-state index contributed by atoms with van der Waals surface area (Å²) in [4.78, 5) is 14.0. The summed E-state index contributed by atoms with van der Waals surface area (Å²) in [5, 5.41) is 6.10. The average molecular weight is 275 g/mol. The standard InChI is InChI=1S/C16H25N3O/c1-3-19(15-8-9-15)11-10-18-12-13-4-6-14(7-5-13)16(20)17-2/h4-7,15,18H,3,8-12H2,1-2H3,(H,17,20). The summed E-state index contributed by atoms with van der Waals surface area (Å²) in [5.41, 5.74) is 1.93. The lowest BCUT2D eigenvalue weighted by atomic mass is 10.1. The van der Waals surface area contributed by atoms with Crippen LogP contribution < -0.4 is 10.6 Å². The van der Waals surface area contributed by atoms with Crippen molar-refractivity contribution >= 4 is 5.91 Å². The summed E-state index contributed by atoms with van der Waals surface area (Å²) in [6.45, 7) is 6.37. The number of rotatable bonds is 8. The Morgan fingerprint density at radius 1 is 1.30 bits per heavy atom. The number of hydrogen-bond acceptors (Lipinski definition) is 3. The molecule has 1 aromatic carbocycles. The van der Waals surface area contributed by atoms with Gasteiger partial charge in [-0.15, -0.1) is 0 Å². The molecule has 1 amide bonds. The molecular formula is C16H25N3O. The molecule has 1 fully saturated rings. The molecule has 110 valence electrons. The first-order chi connectivity index (χ1) is 9.74. The van der Waals surface area contributed by atoms with Gasteiger partial charge in [0, 0.05) is 38.3 Å². The molecule has 0 atom stereocenters. The van der Waals surface area contributed by atoms with Gasteiger partial charge in [-0.05, 0) is 37.1 Å². The van der Waals surface area contributed by atoms with Gasteiger partial charge in [-0.3, -0.25) is 9.69 Å². The molecule has 1 aromatic rings. The highest BCUT2D eigenvalue weighted by Gasteiger charge is 2.26. The number of hydrogen-bond donors (Lipinski definition) is 2. The molecule has 0 bridgehead atoms. The average Bonchev–Trinajstić information content (AvgIpc) is 3.32. The fourth-order valence-corrected chi connectivity index (χ4v) is 2.41. The molecule has 2 N–H and O–H groups in total. The van der Waals surface area contributed by atoms with Crippen molar-refractivity contribution in [2.45, 2.75) is 32.4 Å². The van der Waals surface area contributed by atoms with Crippen LogP contribution in [0.25, 0.3) is 0 Å². The Kier molecular flexibility index (Phi) is 5.56. The first-order valence-electron chi connectivity index (χ1n) is 7.50. The first kappa shape index (κ1) is 15.0. The molecule has 0 unspecified atom stereocenters. The molecule has 1 aliphatic rings. The van der Waals surface area contributed by atoms with Crippen LogP contribution in [0.4, 0.5) is 0 Å². The molecule has 1 aliphatic carbocycles. The van der Waals surface area contributed by atoms with Gasteiger partial charge < -0.3 is 10.6 Å². The van der Waals surface area contributed by atoms with Gasteiger partial charge in [0.2, 0.25) is 0 Å². The van der Waals surface area contributed by atoms with Crippen molar-refractivity contribution in [3.63, 3.8) is 0 Å². The Morgan fingerprint density at radius 3 is 2.55 bits per heavy atom. The number of amides is 1. The van der Waals surface area contributed by atoms with Crippen LogP contribution in [0.2, 0.25) is 0 Å². The molecule has 0 aliphatic heterocycles. The van der Waals surface area contributed by atoms with Gasteiger partial charge in [0.05, 0.1) is 0 Å². The largest absolute Gasteiger partial charge is 0.355 e. The van der Waals surface area contributed by atoms with E-state index in [2.05, 4.69) is 22.5 Å². The van der Waals surface area contributed by atoms with E-state index in [1.165, 1.54) is 18.4 Å². The second-order valence-corrected chi connectivity index (χ2v) is 5.31. The second kappa shape index (κ2) is 7.41.